The van der Waals surface area contributed by atoms with Crippen molar-refractivity contribution in [3.63, 3.8) is 0 Å². The number of nitrogens with zero attached hydrogens (tertiary/aromatic N) is 1. The van der Waals surface area contributed by atoms with E-state index in [9.17, 15) is 9.59 Å². The topological polar surface area (TPSA) is 71.8 Å². The molecule has 1 saturated heterocycles. The fraction of sp³-hybridized carbons (Fsp3) is 0.250. The number of hydrogen-bond acceptors (Lipinski definition) is 4. The Morgan fingerprint density at radius 1 is 1.00 bits per heavy atom. The van der Waals surface area contributed by atoms with Crippen LogP contribution in [0.2, 0.25) is 0 Å². The standard InChI is InChI=1S/C24H24N2O4/c27-23(21-12-4-5-14-26(21)24(28)22-13-7-15-29-22)25-17-18-8-6-11-20(16-18)30-19-9-2-1-3-10-19/h1-3,6-11,13,15-16,21H,4-5,12,14,17H2,(H,25,27). The van der Waals surface area contributed by atoms with Crippen molar-refractivity contribution >= 4 is 11.8 Å². The Labute approximate surface area is 175 Å². The third-order valence-electron chi connectivity index (χ3n) is 5.14. The molecule has 0 spiro atoms. The maximum absolute atomic E-state index is 12.9. The second kappa shape index (κ2) is 9.31. The van der Waals surface area contributed by atoms with E-state index in [1.165, 1.54) is 6.26 Å². The quantitative estimate of drug-likeness (QED) is 0.662. The summed E-state index contributed by atoms with van der Waals surface area (Å²) in [6.45, 7) is 0.919. The van der Waals surface area contributed by atoms with Gasteiger partial charge in [-0.15, -0.1) is 0 Å². The first kappa shape index (κ1) is 19.8. The molecule has 1 aromatic heterocycles. The zero-order valence-corrected chi connectivity index (χ0v) is 16.6. The Kier molecular flexibility index (Phi) is 6.13. The van der Waals surface area contributed by atoms with E-state index in [2.05, 4.69) is 5.32 Å². The Morgan fingerprint density at radius 3 is 2.63 bits per heavy atom. The highest BCUT2D eigenvalue weighted by atomic mass is 16.5. The Balaban J connectivity index is 1.38. The van der Waals surface area contributed by atoms with Crippen LogP contribution in [0.15, 0.2) is 77.4 Å². The molecule has 4 rings (SSSR count). The second-order valence-electron chi connectivity index (χ2n) is 7.27. The molecule has 0 bridgehead atoms. The minimum absolute atomic E-state index is 0.149. The zero-order valence-electron chi connectivity index (χ0n) is 16.6. The molecule has 154 valence electrons. The minimum atomic E-state index is -0.486. The largest absolute Gasteiger partial charge is 0.459 e. The minimum Gasteiger partial charge on any atom is -0.459 e. The molecule has 1 unspecified atom stereocenters. The van der Waals surface area contributed by atoms with Crippen LogP contribution in [0.1, 0.15) is 35.4 Å². The number of ether oxygens (including phenoxy) is 1. The molecule has 2 heterocycles. The van der Waals surface area contributed by atoms with Crippen molar-refractivity contribution in [2.75, 3.05) is 6.54 Å². The molecule has 6 nitrogen and oxygen atoms in total. The monoisotopic (exact) mass is 404 g/mol. The SMILES string of the molecule is O=C(NCc1cccc(Oc2ccccc2)c1)C1CCCCN1C(=O)c1ccco1. The molecule has 1 N–H and O–H groups in total. The summed E-state index contributed by atoms with van der Waals surface area (Å²) in [5, 5.41) is 2.97. The second-order valence-corrected chi connectivity index (χ2v) is 7.27. The molecule has 1 aliphatic rings. The summed E-state index contributed by atoms with van der Waals surface area (Å²) in [6, 6.07) is 20.0. The third kappa shape index (κ3) is 4.71. The molecule has 1 fully saturated rings. The number of piperidine rings is 1. The molecule has 0 aliphatic carbocycles. The number of nitrogens with one attached hydrogen (secondary N) is 1. The molecular formula is C24H24N2O4. The van der Waals surface area contributed by atoms with Crippen LogP contribution in [0.25, 0.3) is 0 Å². The van der Waals surface area contributed by atoms with E-state index < -0.39 is 6.04 Å². The maximum atomic E-state index is 12.9. The fourth-order valence-corrected chi connectivity index (χ4v) is 3.64. The molecule has 0 radical (unpaired) electrons. The number of benzene rings is 2. The van der Waals surface area contributed by atoms with E-state index in [0.29, 0.717) is 25.3 Å². The van der Waals surface area contributed by atoms with Crippen molar-refractivity contribution in [3.8, 4) is 11.5 Å². The zero-order chi connectivity index (χ0) is 20.8. The van der Waals surface area contributed by atoms with Crippen molar-refractivity contribution < 1.29 is 18.7 Å². The summed E-state index contributed by atoms with van der Waals surface area (Å²) >= 11 is 0. The van der Waals surface area contributed by atoms with Gasteiger partial charge in [0.2, 0.25) is 5.91 Å². The van der Waals surface area contributed by atoms with Gasteiger partial charge in [-0.25, -0.2) is 0 Å². The van der Waals surface area contributed by atoms with Crippen molar-refractivity contribution in [2.45, 2.75) is 31.8 Å². The number of carbonyl (C=O) groups excluding carboxylic acids is 2. The van der Waals surface area contributed by atoms with Gasteiger partial charge in [-0.1, -0.05) is 30.3 Å². The molecule has 0 saturated carbocycles. The first-order valence-corrected chi connectivity index (χ1v) is 10.1. The van der Waals surface area contributed by atoms with Crippen LogP contribution >= 0.6 is 0 Å². The van der Waals surface area contributed by atoms with Gasteiger partial charge in [-0.3, -0.25) is 9.59 Å². The molecule has 6 heteroatoms. The lowest BCUT2D eigenvalue weighted by molar-refractivity contribution is -0.126. The van der Waals surface area contributed by atoms with Crippen molar-refractivity contribution in [1.82, 2.24) is 10.2 Å². The highest BCUT2D eigenvalue weighted by molar-refractivity contribution is 5.95. The van der Waals surface area contributed by atoms with Crippen molar-refractivity contribution in [3.05, 3.63) is 84.3 Å². The van der Waals surface area contributed by atoms with E-state index >= 15 is 0 Å². The highest BCUT2D eigenvalue weighted by Gasteiger charge is 2.33. The third-order valence-corrected chi connectivity index (χ3v) is 5.14. The first-order valence-electron chi connectivity index (χ1n) is 10.1. The Morgan fingerprint density at radius 2 is 1.83 bits per heavy atom. The van der Waals surface area contributed by atoms with Gasteiger partial charge in [0.15, 0.2) is 5.76 Å². The van der Waals surface area contributed by atoms with E-state index in [1.807, 2.05) is 54.6 Å². The molecule has 1 atom stereocenters. The molecule has 1 aliphatic heterocycles. The average molecular weight is 404 g/mol. The lowest BCUT2D eigenvalue weighted by Crippen LogP contribution is -2.51. The summed E-state index contributed by atoms with van der Waals surface area (Å²) in [5.74, 6) is 1.34. The van der Waals surface area contributed by atoms with Crippen LogP contribution in [-0.2, 0) is 11.3 Å². The van der Waals surface area contributed by atoms with Crippen LogP contribution in [0, 0.1) is 0 Å². The van der Waals surface area contributed by atoms with Gasteiger partial charge in [0.1, 0.15) is 17.5 Å². The lowest BCUT2D eigenvalue weighted by Gasteiger charge is -2.34. The highest BCUT2D eigenvalue weighted by Crippen LogP contribution is 2.23. The normalized spacial score (nSPS) is 16.1. The Bertz CT molecular complexity index is 985. The lowest BCUT2D eigenvalue weighted by atomic mass is 10.0. The predicted octanol–water partition coefficient (Wildman–Crippen LogP) is 4.38. The van der Waals surface area contributed by atoms with E-state index in [1.54, 1.807) is 17.0 Å². The average Bonchev–Trinajstić information content (AvgIpc) is 3.33. The molecular weight excluding hydrogens is 380 g/mol. The van der Waals surface area contributed by atoms with Gasteiger partial charge in [-0.2, -0.15) is 0 Å². The molecule has 3 aromatic rings. The van der Waals surface area contributed by atoms with E-state index in [4.69, 9.17) is 9.15 Å². The fourth-order valence-electron chi connectivity index (χ4n) is 3.64. The Hall–Kier alpha value is -3.54. The number of furan rings is 1. The van der Waals surface area contributed by atoms with Gasteiger partial charge >= 0.3 is 0 Å². The van der Waals surface area contributed by atoms with Crippen molar-refractivity contribution in [2.24, 2.45) is 0 Å². The molecule has 30 heavy (non-hydrogen) atoms. The number of likely N-dealkylation sites (tertiary alicyclic amines) is 1. The smallest absolute Gasteiger partial charge is 0.290 e. The van der Waals surface area contributed by atoms with E-state index in [-0.39, 0.29) is 17.6 Å². The summed E-state index contributed by atoms with van der Waals surface area (Å²) in [5.41, 5.74) is 0.927. The van der Waals surface area contributed by atoms with Crippen LogP contribution < -0.4 is 10.1 Å². The van der Waals surface area contributed by atoms with Crippen molar-refractivity contribution in [1.29, 1.82) is 0 Å². The van der Waals surface area contributed by atoms with E-state index in [0.717, 1.165) is 24.2 Å². The number of hydrogen-bond donors (Lipinski definition) is 1. The number of carbonyl (C=O) groups is 2. The molecule has 2 amide bonds. The summed E-state index contributed by atoms with van der Waals surface area (Å²) < 4.78 is 11.1. The van der Waals surface area contributed by atoms with Crippen LogP contribution in [-0.4, -0.2) is 29.3 Å². The number of para-hydroxylation sites is 1. The summed E-state index contributed by atoms with van der Waals surface area (Å²) in [7, 11) is 0. The summed E-state index contributed by atoms with van der Waals surface area (Å²) in [6.07, 6.45) is 3.92. The van der Waals surface area contributed by atoms with Gasteiger partial charge in [-0.05, 0) is 61.2 Å². The van der Waals surface area contributed by atoms with Gasteiger partial charge in [0.25, 0.3) is 5.91 Å². The van der Waals surface area contributed by atoms with Crippen LogP contribution in [0.3, 0.4) is 0 Å². The predicted molar refractivity (Wildman–Crippen MR) is 112 cm³/mol. The number of rotatable bonds is 6. The van der Waals surface area contributed by atoms with Gasteiger partial charge in [0.05, 0.1) is 6.26 Å². The first-order chi connectivity index (χ1) is 14.7. The van der Waals surface area contributed by atoms with Gasteiger partial charge < -0.3 is 19.4 Å². The maximum Gasteiger partial charge on any atom is 0.290 e. The van der Waals surface area contributed by atoms with Crippen LogP contribution in [0.4, 0.5) is 0 Å². The summed E-state index contributed by atoms with van der Waals surface area (Å²) in [4.78, 5) is 27.2. The number of amides is 2. The molecule has 2 aromatic carbocycles. The van der Waals surface area contributed by atoms with Crippen LogP contribution in [0.5, 0.6) is 11.5 Å². The van der Waals surface area contributed by atoms with Gasteiger partial charge in [0, 0.05) is 13.1 Å².